The number of methoxy groups -OCH3 is 2. The average Bonchev–Trinajstić information content (AvgIpc) is 3.02. The molecule has 1 amide bonds. The number of hydrogen-bond donors (Lipinski definition) is 2. The molecule has 1 heterocycles. The Morgan fingerprint density at radius 3 is 2.38 bits per heavy atom. The van der Waals surface area contributed by atoms with Crippen LogP contribution in [0.2, 0.25) is 0 Å². The van der Waals surface area contributed by atoms with E-state index in [0.717, 1.165) is 17.0 Å². The maximum absolute atomic E-state index is 12.8. The molecular formula is C20H31Cl2N3O3S. The number of nitrogens with two attached hydrogens (primary N) is 1. The van der Waals surface area contributed by atoms with Crippen molar-refractivity contribution in [2.75, 3.05) is 20.8 Å². The summed E-state index contributed by atoms with van der Waals surface area (Å²) in [5.41, 5.74) is 7.06. The van der Waals surface area contributed by atoms with Crippen LogP contribution in [0.5, 0.6) is 11.5 Å². The van der Waals surface area contributed by atoms with Crippen LogP contribution in [0.1, 0.15) is 42.6 Å². The van der Waals surface area contributed by atoms with Crippen LogP contribution >= 0.6 is 36.2 Å². The van der Waals surface area contributed by atoms with Gasteiger partial charge in [0.25, 0.3) is 5.91 Å². The average molecular weight is 464 g/mol. The maximum Gasteiger partial charge on any atom is 0.263 e. The minimum absolute atomic E-state index is 0. The van der Waals surface area contributed by atoms with Crippen molar-refractivity contribution in [2.45, 2.75) is 39.7 Å². The molecule has 9 heteroatoms. The Kier molecular flexibility index (Phi) is 11.0. The zero-order valence-electron chi connectivity index (χ0n) is 17.7. The monoisotopic (exact) mass is 463 g/mol. The van der Waals surface area contributed by atoms with E-state index in [9.17, 15) is 4.79 Å². The van der Waals surface area contributed by atoms with Crippen LogP contribution in [0.25, 0.3) is 10.6 Å². The van der Waals surface area contributed by atoms with Gasteiger partial charge in [-0.1, -0.05) is 13.8 Å². The van der Waals surface area contributed by atoms with E-state index in [4.69, 9.17) is 15.2 Å². The molecule has 0 aliphatic rings. The molecular weight excluding hydrogens is 433 g/mol. The second kappa shape index (κ2) is 11.6. The second-order valence-corrected chi connectivity index (χ2v) is 8.32. The third kappa shape index (κ3) is 6.74. The summed E-state index contributed by atoms with van der Waals surface area (Å²) >= 11 is 1.36. The van der Waals surface area contributed by atoms with Crippen LogP contribution < -0.4 is 20.5 Å². The summed E-state index contributed by atoms with van der Waals surface area (Å²) < 4.78 is 10.6. The maximum atomic E-state index is 12.8. The highest BCUT2D eigenvalue weighted by Crippen LogP contribution is 2.35. The molecule has 2 rings (SSSR count). The molecule has 0 fully saturated rings. The summed E-state index contributed by atoms with van der Waals surface area (Å²) in [4.78, 5) is 18.0. The molecule has 0 aliphatic heterocycles. The lowest BCUT2D eigenvalue weighted by atomic mass is 9.90. The Labute approximate surface area is 189 Å². The number of ether oxygens (including phenoxy) is 2. The molecule has 6 nitrogen and oxygen atoms in total. The minimum atomic E-state index is -0.439. The summed E-state index contributed by atoms with van der Waals surface area (Å²) in [6, 6.07) is 5.60. The number of benzene rings is 1. The van der Waals surface area contributed by atoms with Gasteiger partial charge in [-0.3, -0.25) is 4.79 Å². The van der Waals surface area contributed by atoms with Gasteiger partial charge < -0.3 is 20.5 Å². The third-order valence-corrected chi connectivity index (χ3v) is 5.56. The van der Waals surface area contributed by atoms with Crippen molar-refractivity contribution in [3.8, 4) is 22.1 Å². The second-order valence-electron chi connectivity index (χ2n) is 7.32. The Balaban J connectivity index is 0.00000392. The molecule has 3 N–H and O–H groups in total. The van der Waals surface area contributed by atoms with Crippen LogP contribution in [0, 0.1) is 12.8 Å². The molecule has 0 bridgehead atoms. The lowest BCUT2D eigenvalue weighted by Crippen LogP contribution is -2.52. The number of halogens is 2. The molecule has 1 aromatic carbocycles. The summed E-state index contributed by atoms with van der Waals surface area (Å²) in [6.45, 7) is 8.45. The SMILES string of the molecule is COc1ccc(-c2nc(C)c(C(=O)NC(C)(CN)CC(C)C)s2)cc1OC.Cl.Cl. The van der Waals surface area contributed by atoms with E-state index < -0.39 is 5.54 Å². The minimum Gasteiger partial charge on any atom is -0.493 e. The number of amides is 1. The predicted octanol–water partition coefficient (Wildman–Crippen LogP) is 4.47. The number of rotatable bonds is 8. The van der Waals surface area contributed by atoms with Gasteiger partial charge in [0.15, 0.2) is 11.5 Å². The van der Waals surface area contributed by atoms with Crippen LogP contribution in [0.4, 0.5) is 0 Å². The fourth-order valence-electron chi connectivity index (χ4n) is 3.12. The Morgan fingerprint density at radius 2 is 1.86 bits per heavy atom. The molecule has 0 aliphatic carbocycles. The number of carbonyl (C=O) groups excluding carboxylic acids is 1. The van der Waals surface area contributed by atoms with Crippen molar-refractivity contribution >= 4 is 42.1 Å². The zero-order chi connectivity index (χ0) is 20.2. The van der Waals surface area contributed by atoms with E-state index in [2.05, 4.69) is 24.1 Å². The smallest absolute Gasteiger partial charge is 0.263 e. The van der Waals surface area contributed by atoms with Gasteiger partial charge in [0, 0.05) is 12.1 Å². The molecule has 1 atom stereocenters. The van der Waals surface area contributed by atoms with Crippen molar-refractivity contribution in [3.05, 3.63) is 28.8 Å². The van der Waals surface area contributed by atoms with Crippen molar-refractivity contribution in [3.63, 3.8) is 0 Å². The number of nitrogens with one attached hydrogen (secondary N) is 1. The van der Waals surface area contributed by atoms with Gasteiger partial charge in [0.05, 0.1) is 25.5 Å². The molecule has 0 spiro atoms. The highest BCUT2D eigenvalue weighted by molar-refractivity contribution is 7.17. The third-order valence-electron chi connectivity index (χ3n) is 4.36. The fourth-order valence-corrected chi connectivity index (χ4v) is 4.07. The summed E-state index contributed by atoms with van der Waals surface area (Å²) in [5.74, 6) is 1.58. The van der Waals surface area contributed by atoms with Crippen molar-refractivity contribution in [1.82, 2.24) is 10.3 Å². The number of thiazole rings is 1. The van der Waals surface area contributed by atoms with Crippen LogP contribution in [-0.2, 0) is 0 Å². The Bertz CT molecular complexity index is 814. The van der Waals surface area contributed by atoms with E-state index in [0.29, 0.717) is 34.5 Å². The highest BCUT2D eigenvalue weighted by Gasteiger charge is 2.28. The van der Waals surface area contributed by atoms with E-state index in [1.807, 2.05) is 32.0 Å². The molecule has 29 heavy (non-hydrogen) atoms. The molecule has 0 saturated heterocycles. The molecule has 2 aromatic rings. The Morgan fingerprint density at radius 1 is 1.24 bits per heavy atom. The van der Waals surface area contributed by atoms with Crippen molar-refractivity contribution in [1.29, 1.82) is 0 Å². The van der Waals surface area contributed by atoms with E-state index in [-0.39, 0.29) is 30.7 Å². The standard InChI is InChI=1S/C20H29N3O3S.2ClH/c1-12(2)10-20(4,11-21)23-18(24)17-13(3)22-19(27-17)14-7-8-15(25-5)16(9-14)26-6;;/h7-9,12H,10-11,21H2,1-6H3,(H,23,24);2*1H. The summed E-state index contributed by atoms with van der Waals surface area (Å²) in [5, 5.41) is 3.86. The highest BCUT2D eigenvalue weighted by atomic mass is 35.5. The van der Waals surface area contributed by atoms with Gasteiger partial charge >= 0.3 is 0 Å². The summed E-state index contributed by atoms with van der Waals surface area (Å²) in [6.07, 6.45) is 0.815. The molecule has 1 aromatic heterocycles. The van der Waals surface area contributed by atoms with E-state index >= 15 is 0 Å². The van der Waals surface area contributed by atoms with E-state index in [1.54, 1.807) is 14.2 Å². The van der Waals surface area contributed by atoms with Crippen LogP contribution in [0.3, 0.4) is 0 Å². The largest absolute Gasteiger partial charge is 0.493 e. The van der Waals surface area contributed by atoms with E-state index in [1.165, 1.54) is 11.3 Å². The van der Waals surface area contributed by atoms with Gasteiger partial charge in [-0.05, 0) is 44.4 Å². The van der Waals surface area contributed by atoms with Crippen molar-refractivity contribution < 1.29 is 14.3 Å². The zero-order valence-corrected chi connectivity index (χ0v) is 20.1. The number of hydrogen-bond acceptors (Lipinski definition) is 6. The first kappa shape index (κ1) is 27.5. The lowest BCUT2D eigenvalue weighted by Gasteiger charge is -2.31. The van der Waals surface area contributed by atoms with Crippen LogP contribution in [-0.4, -0.2) is 37.2 Å². The quantitative estimate of drug-likeness (QED) is 0.602. The Hall–Kier alpha value is -1.54. The first-order valence-corrected chi connectivity index (χ1v) is 9.77. The summed E-state index contributed by atoms with van der Waals surface area (Å²) in [7, 11) is 3.19. The normalized spacial score (nSPS) is 12.4. The predicted molar refractivity (Wildman–Crippen MR) is 124 cm³/mol. The van der Waals surface area contributed by atoms with Crippen molar-refractivity contribution in [2.24, 2.45) is 11.7 Å². The van der Waals surface area contributed by atoms with Gasteiger partial charge in [0.1, 0.15) is 9.88 Å². The lowest BCUT2D eigenvalue weighted by molar-refractivity contribution is 0.0901. The first-order chi connectivity index (χ1) is 12.7. The topological polar surface area (TPSA) is 86.5 Å². The van der Waals surface area contributed by atoms with Crippen LogP contribution in [0.15, 0.2) is 18.2 Å². The number of carbonyl (C=O) groups is 1. The molecule has 0 saturated carbocycles. The molecule has 1 unspecified atom stereocenters. The number of aryl methyl sites for hydroxylation is 1. The fraction of sp³-hybridized carbons (Fsp3) is 0.500. The first-order valence-electron chi connectivity index (χ1n) is 8.95. The van der Waals surface area contributed by atoms with Gasteiger partial charge in [0.2, 0.25) is 0 Å². The number of nitrogens with zero attached hydrogens (tertiary/aromatic N) is 1. The molecule has 164 valence electrons. The van der Waals surface area contributed by atoms with Gasteiger partial charge in [-0.15, -0.1) is 36.2 Å². The number of aromatic nitrogens is 1. The van der Waals surface area contributed by atoms with Gasteiger partial charge in [-0.25, -0.2) is 4.98 Å². The molecule has 0 radical (unpaired) electrons. The van der Waals surface area contributed by atoms with Gasteiger partial charge in [-0.2, -0.15) is 0 Å².